The van der Waals surface area contributed by atoms with E-state index < -0.39 is 0 Å². The number of nitrogens with zero attached hydrogens (tertiary/aromatic N) is 2. The highest BCUT2D eigenvalue weighted by molar-refractivity contribution is 6.09. The first-order valence-electron chi connectivity index (χ1n) is 20.6. The summed E-state index contributed by atoms with van der Waals surface area (Å²) >= 11 is 0. The van der Waals surface area contributed by atoms with Crippen molar-refractivity contribution in [1.29, 1.82) is 0 Å². The summed E-state index contributed by atoms with van der Waals surface area (Å²) in [6, 6.07) is 87.8. The molecule has 0 aliphatic carbocycles. The first-order valence-corrected chi connectivity index (χ1v) is 20.6. The number of anilines is 3. The van der Waals surface area contributed by atoms with Crippen molar-refractivity contribution in [2.45, 2.75) is 0 Å². The zero-order valence-electron chi connectivity index (χ0n) is 33.0. The molecule has 60 heavy (non-hydrogen) atoms. The Labute approximate surface area is 350 Å². The quantitative estimate of drug-likeness (QED) is 0.150. The molecule has 1 aromatic heterocycles. The van der Waals surface area contributed by atoms with Crippen LogP contribution >= 0.6 is 0 Å². The lowest BCUT2D eigenvalue weighted by atomic mass is 9.91. The third kappa shape index (κ3) is 6.32. The lowest BCUT2D eigenvalue weighted by Crippen LogP contribution is -2.10. The van der Waals surface area contributed by atoms with Crippen molar-refractivity contribution >= 4 is 49.6 Å². The molecule has 0 amide bonds. The Morgan fingerprint density at radius 2 is 0.700 bits per heavy atom. The van der Waals surface area contributed by atoms with E-state index >= 15 is 0 Å². The molecule has 0 atom stereocenters. The predicted octanol–water partition coefficient (Wildman–Crippen LogP) is 16.1. The summed E-state index contributed by atoms with van der Waals surface area (Å²) in [5, 5.41) is 5.00. The minimum Gasteiger partial charge on any atom is -0.310 e. The maximum absolute atomic E-state index is 2.39. The van der Waals surface area contributed by atoms with Crippen LogP contribution in [0.15, 0.2) is 243 Å². The summed E-state index contributed by atoms with van der Waals surface area (Å²) < 4.78 is 2.39. The van der Waals surface area contributed by atoms with Crippen LogP contribution in [-0.2, 0) is 0 Å². The summed E-state index contributed by atoms with van der Waals surface area (Å²) in [6.45, 7) is 0. The molecule has 11 rings (SSSR count). The van der Waals surface area contributed by atoms with Crippen LogP contribution < -0.4 is 4.90 Å². The average molecular weight is 765 g/mol. The Morgan fingerprint density at radius 3 is 1.25 bits per heavy atom. The van der Waals surface area contributed by atoms with E-state index in [1.165, 1.54) is 77.1 Å². The topological polar surface area (TPSA) is 8.17 Å². The Kier molecular flexibility index (Phi) is 8.87. The van der Waals surface area contributed by atoms with Crippen molar-refractivity contribution in [3.8, 4) is 50.2 Å². The maximum Gasteiger partial charge on any atom is 0.0541 e. The Balaban J connectivity index is 1.02. The third-order valence-corrected chi connectivity index (χ3v) is 11.8. The van der Waals surface area contributed by atoms with Crippen LogP contribution in [0.25, 0.3) is 82.8 Å². The van der Waals surface area contributed by atoms with Gasteiger partial charge in [0.1, 0.15) is 0 Å². The fourth-order valence-electron chi connectivity index (χ4n) is 8.94. The van der Waals surface area contributed by atoms with E-state index in [9.17, 15) is 0 Å². The van der Waals surface area contributed by atoms with E-state index in [0.29, 0.717) is 0 Å². The van der Waals surface area contributed by atoms with Gasteiger partial charge < -0.3 is 9.47 Å². The zero-order valence-corrected chi connectivity index (χ0v) is 33.0. The number of para-hydroxylation sites is 2. The maximum atomic E-state index is 2.39. The lowest BCUT2D eigenvalue weighted by Gasteiger charge is -2.27. The standard InChI is InChI=1S/C58H40N2/c1-3-14-41(15-4-1)42-28-30-43(31-29-42)44-32-36-48(37-33-44)59(50-20-13-21-51(40-50)60-56-26-9-7-22-54(56)55-23-8-10-27-57(55)60)49-38-34-46(35-39-49)53-25-12-19-47-18-11-24-52(58(47)53)45-16-5-2-6-17-45/h1-40H. The average Bonchev–Trinajstić information content (AvgIpc) is 3.67. The Bertz CT molecular complexity index is 3210. The molecular formula is C58H40N2. The molecule has 0 unspecified atom stereocenters. The molecule has 2 heteroatoms. The smallest absolute Gasteiger partial charge is 0.0541 e. The van der Waals surface area contributed by atoms with Gasteiger partial charge in [-0.25, -0.2) is 0 Å². The molecule has 0 aliphatic heterocycles. The number of fused-ring (bicyclic) bond motifs is 4. The number of hydrogen-bond donors (Lipinski definition) is 0. The van der Waals surface area contributed by atoms with Crippen molar-refractivity contribution in [1.82, 2.24) is 4.57 Å². The van der Waals surface area contributed by atoms with Gasteiger partial charge in [-0.05, 0) is 110 Å². The van der Waals surface area contributed by atoms with Gasteiger partial charge in [0.2, 0.25) is 0 Å². The molecule has 0 radical (unpaired) electrons. The van der Waals surface area contributed by atoms with Crippen LogP contribution in [0.4, 0.5) is 17.1 Å². The summed E-state index contributed by atoms with van der Waals surface area (Å²) in [4.78, 5) is 2.38. The second kappa shape index (κ2) is 15.1. The molecule has 1 heterocycles. The molecule has 0 saturated carbocycles. The van der Waals surface area contributed by atoms with E-state index in [1.807, 2.05) is 0 Å². The molecule has 0 spiro atoms. The van der Waals surface area contributed by atoms with Gasteiger partial charge in [-0.15, -0.1) is 0 Å². The third-order valence-electron chi connectivity index (χ3n) is 11.8. The molecule has 282 valence electrons. The summed E-state index contributed by atoms with van der Waals surface area (Å²) in [6.07, 6.45) is 0. The van der Waals surface area contributed by atoms with Crippen molar-refractivity contribution in [3.63, 3.8) is 0 Å². The molecule has 0 fully saturated rings. The van der Waals surface area contributed by atoms with Crippen molar-refractivity contribution in [2.75, 3.05) is 4.90 Å². The molecule has 0 N–H and O–H groups in total. The molecular weight excluding hydrogens is 725 g/mol. The number of benzene rings is 10. The van der Waals surface area contributed by atoms with Gasteiger partial charge >= 0.3 is 0 Å². The normalized spacial score (nSPS) is 11.3. The van der Waals surface area contributed by atoms with E-state index in [1.54, 1.807) is 0 Å². The Morgan fingerprint density at radius 1 is 0.283 bits per heavy atom. The molecule has 2 nitrogen and oxygen atoms in total. The minimum absolute atomic E-state index is 1.08. The first-order chi connectivity index (χ1) is 29.8. The van der Waals surface area contributed by atoms with Gasteiger partial charge in [-0.2, -0.15) is 0 Å². The van der Waals surface area contributed by atoms with Crippen LogP contribution in [0.3, 0.4) is 0 Å². The van der Waals surface area contributed by atoms with Gasteiger partial charge in [0.15, 0.2) is 0 Å². The second-order valence-electron chi connectivity index (χ2n) is 15.3. The summed E-state index contributed by atoms with van der Waals surface area (Å²) in [7, 11) is 0. The Hall–Kier alpha value is -7.94. The molecule has 0 aliphatic rings. The molecule has 11 aromatic rings. The van der Waals surface area contributed by atoms with Crippen LogP contribution in [0.5, 0.6) is 0 Å². The highest BCUT2D eigenvalue weighted by Gasteiger charge is 2.18. The highest BCUT2D eigenvalue weighted by atomic mass is 15.1. The highest BCUT2D eigenvalue weighted by Crippen LogP contribution is 2.41. The molecule has 0 saturated heterocycles. The minimum atomic E-state index is 1.08. The number of hydrogen-bond acceptors (Lipinski definition) is 1. The van der Waals surface area contributed by atoms with Crippen molar-refractivity contribution in [2.24, 2.45) is 0 Å². The van der Waals surface area contributed by atoms with Crippen LogP contribution in [-0.4, -0.2) is 4.57 Å². The largest absolute Gasteiger partial charge is 0.310 e. The fraction of sp³-hybridized carbons (Fsp3) is 0. The summed E-state index contributed by atoms with van der Waals surface area (Å²) in [5.41, 5.74) is 16.4. The zero-order chi connectivity index (χ0) is 39.8. The van der Waals surface area contributed by atoms with Gasteiger partial charge in [0.05, 0.1) is 11.0 Å². The van der Waals surface area contributed by atoms with E-state index in [4.69, 9.17) is 0 Å². The summed E-state index contributed by atoms with van der Waals surface area (Å²) in [5.74, 6) is 0. The van der Waals surface area contributed by atoms with E-state index in [0.717, 1.165) is 22.7 Å². The van der Waals surface area contributed by atoms with E-state index in [-0.39, 0.29) is 0 Å². The molecule has 0 bridgehead atoms. The van der Waals surface area contributed by atoms with Gasteiger partial charge in [-0.3, -0.25) is 0 Å². The van der Waals surface area contributed by atoms with Gasteiger partial charge in [0.25, 0.3) is 0 Å². The molecule has 10 aromatic carbocycles. The first kappa shape index (κ1) is 35.2. The number of rotatable bonds is 8. The number of aromatic nitrogens is 1. The van der Waals surface area contributed by atoms with Crippen molar-refractivity contribution < 1.29 is 0 Å². The fourth-order valence-corrected chi connectivity index (χ4v) is 8.94. The monoisotopic (exact) mass is 764 g/mol. The van der Waals surface area contributed by atoms with Crippen molar-refractivity contribution in [3.05, 3.63) is 243 Å². The SMILES string of the molecule is c1ccc(-c2ccc(-c3ccc(N(c4ccc(-c5cccc6cccc(-c7ccccc7)c56)cc4)c4cccc(-n5c6ccccc6c6ccccc65)c4)cc3)cc2)cc1. The van der Waals surface area contributed by atoms with Gasteiger partial charge in [0, 0.05) is 33.5 Å². The van der Waals surface area contributed by atoms with Crippen LogP contribution in [0, 0.1) is 0 Å². The predicted molar refractivity (Wildman–Crippen MR) is 255 cm³/mol. The second-order valence-corrected chi connectivity index (χ2v) is 15.3. The lowest BCUT2D eigenvalue weighted by molar-refractivity contribution is 1.17. The van der Waals surface area contributed by atoms with Crippen LogP contribution in [0.1, 0.15) is 0 Å². The van der Waals surface area contributed by atoms with Crippen LogP contribution in [0.2, 0.25) is 0 Å². The van der Waals surface area contributed by atoms with E-state index in [2.05, 4.69) is 252 Å². The van der Waals surface area contributed by atoms with Gasteiger partial charge in [-0.1, -0.05) is 188 Å².